The van der Waals surface area contributed by atoms with Gasteiger partial charge in [0.1, 0.15) is 5.75 Å². The van der Waals surface area contributed by atoms with Gasteiger partial charge in [0.25, 0.3) is 5.91 Å². The van der Waals surface area contributed by atoms with Gasteiger partial charge in [-0.1, -0.05) is 12.1 Å². The molecule has 0 saturated carbocycles. The second-order valence-electron chi connectivity index (χ2n) is 5.59. The van der Waals surface area contributed by atoms with Crippen molar-refractivity contribution in [2.75, 3.05) is 13.1 Å². The molecule has 0 radical (unpaired) electrons. The van der Waals surface area contributed by atoms with Gasteiger partial charge in [-0.25, -0.2) is 0 Å². The molecule has 0 aromatic heterocycles. The molecule has 2 rings (SSSR count). The van der Waals surface area contributed by atoms with Crippen molar-refractivity contribution >= 4 is 5.91 Å². The van der Waals surface area contributed by atoms with Crippen LogP contribution < -0.4 is 4.74 Å². The van der Waals surface area contributed by atoms with Crippen LogP contribution in [0.5, 0.6) is 5.75 Å². The van der Waals surface area contributed by atoms with Gasteiger partial charge in [-0.3, -0.25) is 4.79 Å². The monoisotopic (exact) mass is 277 g/mol. The Hall–Kier alpha value is -1.55. The maximum absolute atomic E-state index is 12.3. The SMILES string of the molecule is Cc1ccc(C)c(OC(C)C(=O)N2CCC(O)CC2)c1. The van der Waals surface area contributed by atoms with Crippen LogP contribution in [-0.2, 0) is 4.79 Å². The van der Waals surface area contributed by atoms with Gasteiger partial charge in [0.05, 0.1) is 6.10 Å². The summed E-state index contributed by atoms with van der Waals surface area (Å²) in [4.78, 5) is 14.1. The number of amides is 1. The number of aliphatic hydroxyl groups is 1. The van der Waals surface area contributed by atoms with Gasteiger partial charge < -0.3 is 14.7 Å². The molecule has 4 heteroatoms. The fraction of sp³-hybridized carbons (Fsp3) is 0.562. The summed E-state index contributed by atoms with van der Waals surface area (Å²) in [6.45, 7) is 6.99. The summed E-state index contributed by atoms with van der Waals surface area (Å²) in [5, 5.41) is 9.48. The lowest BCUT2D eigenvalue weighted by Crippen LogP contribution is -2.45. The highest BCUT2D eigenvalue weighted by Gasteiger charge is 2.26. The van der Waals surface area contributed by atoms with Gasteiger partial charge in [-0.15, -0.1) is 0 Å². The Morgan fingerprint density at radius 2 is 2.00 bits per heavy atom. The molecule has 1 amide bonds. The maximum atomic E-state index is 12.3. The van der Waals surface area contributed by atoms with Gasteiger partial charge in [-0.2, -0.15) is 0 Å². The maximum Gasteiger partial charge on any atom is 0.263 e. The van der Waals surface area contributed by atoms with Crippen LogP contribution in [0.3, 0.4) is 0 Å². The zero-order chi connectivity index (χ0) is 14.7. The van der Waals surface area contributed by atoms with E-state index in [4.69, 9.17) is 4.74 Å². The van der Waals surface area contributed by atoms with Crippen LogP contribution in [0, 0.1) is 13.8 Å². The first-order valence-corrected chi connectivity index (χ1v) is 7.18. The molecule has 1 aliphatic rings. The Labute approximate surface area is 120 Å². The van der Waals surface area contributed by atoms with E-state index in [0.717, 1.165) is 16.9 Å². The number of nitrogens with zero attached hydrogens (tertiary/aromatic N) is 1. The number of benzene rings is 1. The lowest BCUT2D eigenvalue weighted by Gasteiger charge is -2.31. The standard InChI is InChI=1S/C16H23NO3/c1-11-4-5-12(2)15(10-11)20-13(3)16(19)17-8-6-14(18)7-9-17/h4-5,10,13-14,18H,6-9H2,1-3H3. The van der Waals surface area contributed by atoms with Crippen molar-refractivity contribution in [3.63, 3.8) is 0 Å². The fourth-order valence-electron chi connectivity index (χ4n) is 2.42. The first kappa shape index (κ1) is 14.9. The van der Waals surface area contributed by atoms with Crippen molar-refractivity contribution in [2.24, 2.45) is 0 Å². The number of hydrogen-bond donors (Lipinski definition) is 1. The fourth-order valence-corrected chi connectivity index (χ4v) is 2.42. The van der Waals surface area contributed by atoms with Crippen LogP contribution in [0.15, 0.2) is 18.2 Å². The highest BCUT2D eigenvalue weighted by Crippen LogP contribution is 2.21. The number of piperidine rings is 1. The number of aliphatic hydroxyl groups excluding tert-OH is 1. The van der Waals surface area contributed by atoms with E-state index in [2.05, 4.69) is 0 Å². The highest BCUT2D eigenvalue weighted by molar-refractivity contribution is 5.81. The van der Waals surface area contributed by atoms with Crippen molar-refractivity contribution in [2.45, 2.75) is 45.8 Å². The third-order valence-electron chi connectivity index (χ3n) is 3.77. The van der Waals surface area contributed by atoms with E-state index in [-0.39, 0.29) is 12.0 Å². The number of ether oxygens (including phenoxy) is 1. The van der Waals surface area contributed by atoms with Crippen LogP contribution >= 0.6 is 0 Å². The van der Waals surface area contributed by atoms with E-state index in [0.29, 0.717) is 25.9 Å². The Balaban J connectivity index is 1.98. The minimum atomic E-state index is -0.495. The number of carbonyl (C=O) groups is 1. The summed E-state index contributed by atoms with van der Waals surface area (Å²) in [6, 6.07) is 5.99. The molecule has 1 aliphatic heterocycles. The second kappa shape index (κ2) is 6.27. The number of hydrogen-bond acceptors (Lipinski definition) is 3. The van der Waals surface area contributed by atoms with Crippen molar-refractivity contribution in [3.8, 4) is 5.75 Å². The number of carbonyl (C=O) groups excluding carboxylic acids is 1. The highest BCUT2D eigenvalue weighted by atomic mass is 16.5. The Morgan fingerprint density at radius 1 is 1.35 bits per heavy atom. The summed E-state index contributed by atoms with van der Waals surface area (Å²) in [5.41, 5.74) is 2.15. The molecule has 110 valence electrons. The number of likely N-dealkylation sites (tertiary alicyclic amines) is 1. The normalized spacial score (nSPS) is 17.9. The molecule has 0 aliphatic carbocycles. The van der Waals surface area contributed by atoms with Gasteiger partial charge in [0, 0.05) is 13.1 Å². The van der Waals surface area contributed by atoms with Gasteiger partial charge >= 0.3 is 0 Å². The van der Waals surface area contributed by atoms with Crippen molar-refractivity contribution in [3.05, 3.63) is 29.3 Å². The topological polar surface area (TPSA) is 49.8 Å². The van der Waals surface area contributed by atoms with Gasteiger partial charge in [-0.05, 0) is 50.8 Å². The summed E-state index contributed by atoms with van der Waals surface area (Å²) < 4.78 is 5.81. The zero-order valence-electron chi connectivity index (χ0n) is 12.4. The third-order valence-corrected chi connectivity index (χ3v) is 3.77. The molecule has 0 bridgehead atoms. The Morgan fingerprint density at radius 3 is 2.65 bits per heavy atom. The first-order chi connectivity index (χ1) is 9.47. The van der Waals surface area contributed by atoms with Crippen molar-refractivity contribution in [1.29, 1.82) is 0 Å². The molecule has 4 nitrogen and oxygen atoms in total. The Bertz CT molecular complexity index is 479. The van der Waals surface area contributed by atoms with E-state index in [1.807, 2.05) is 32.0 Å². The minimum Gasteiger partial charge on any atom is -0.481 e. The van der Waals surface area contributed by atoms with Crippen molar-refractivity contribution in [1.82, 2.24) is 4.90 Å². The van der Waals surface area contributed by atoms with E-state index in [9.17, 15) is 9.90 Å². The molecule has 1 aromatic rings. The summed E-state index contributed by atoms with van der Waals surface area (Å²) in [6.07, 6.45) is 0.546. The number of aryl methyl sites for hydroxylation is 2. The van der Waals surface area contributed by atoms with Crippen LogP contribution in [0.4, 0.5) is 0 Å². The van der Waals surface area contributed by atoms with E-state index < -0.39 is 6.10 Å². The quantitative estimate of drug-likeness (QED) is 0.920. The van der Waals surface area contributed by atoms with Crippen LogP contribution in [0.1, 0.15) is 30.9 Å². The van der Waals surface area contributed by atoms with Crippen LogP contribution in [0.25, 0.3) is 0 Å². The summed E-state index contributed by atoms with van der Waals surface area (Å²) >= 11 is 0. The molecular weight excluding hydrogens is 254 g/mol. The zero-order valence-corrected chi connectivity index (χ0v) is 12.4. The lowest BCUT2D eigenvalue weighted by molar-refractivity contribution is -0.140. The molecule has 0 spiro atoms. The molecule has 1 aromatic carbocycles. The Kier molecular flexibility index (Phi) is 4.65. The molecule has 20 heavy (non-hydrogen) atoms. The molecule has 1 heterocycles. The average Bonchev–Trinajstić information content (AvgIpc) is 2.43. The summed E-state index contributed by atoms with van der Waals surface area (Å²) in [5.74, 6) is 0.765. The van der Waals surface area contributed by atoms with E-state index >= 15 is 0 Å². The lowest BCUT2D eigenvalue weighted by atomic mass is 10.1. The van der Waals surface area contributed by atoms with Gasteiger partial charge in [0.15, 0.2) is 6.10 Å². The van der Waals surface area contributed by atoms with Gasteiger partial charge in [0.2, 0.25) is 0 Å². The molecule has 1 unspecified atom stereocenters. The third kappa shape index (κ3) is 3.51. The van der Waals surface area contributed by atoms with Crippen molar-refractivity contribution < 1.29 is 14.6 Å². The largest absolute Gasteiger partial charge is 0.481 e. The minimum absolute atomic E-state index is 0.00203. The molecule has 1 saturated heterocycles. The predicted molar refractivity (Wildman–Crippen MR) is 77.8 cm³/mol. The molecule has 1 N–H and O–H groups in total. The molecular formula is C16H23NO3. The molecule has 1 fully saturated rings. The average molecular weight is 277 g/mol. The second-order valence-corrected chi connectivity index (χ2v) is 5.59. The number of rotatable bonds is 3. The van der Waals surface area contributed by atoms with E-state index in [1.54, 1.807) is 11.8 Å². The van der Waals surface area contributed by atoms with Crippen LogP contribution in [-0.4, -0.2) is 41.2 Å². The van der Waals surface area contributed by atoms with E-state index in [1.165, 1.54) is 0 Å². The predicted octanol–water partition coefficient (Wildman–Crippen LogP) is 2.05. The molecule has 1 atom stereocenters. The smallest absolute Gasteiger partial charge is 0.263 e. The first-order valence-electron chi connectivity index (χ1n) is 7.18. The summed E-state index contributed by atoms with van der Waals surface area (Å²) in [7, 11) is 0. The van der Waals surface area contributed by atoms with Crippen LogP contribution in [0.2, 0.25) is 0 Å².